The number of halogens is 1. The second kappa shape index (κ2) is 8.78. The van der Waals surface area contributed by atoms with E-state index in [2.05, 4.69) is 12.0 Å². The van der Waals surface area contributed by atoms with E-state index in [-0.39, 0.29) is 23.0 Å². The lowest BCUT2D eigenvalue weighted by atomic mass is 10.1. The monoisotopic (exact) mass is 381 g/mol. The lowest BCUT2D eigenvalue weighted by Crippen LogP contribution is -2.32. The Labute approximate surface area is 163 Å². The summed E-state index contributed by atoms with van der Waals surface area (Å²) in [4.78, 5) is 27.4. The molecule has 1 amide bonds. The van der Waals surface area contributed by atoms with Crippen molar-refractivity contribution in [2.45, 2.75) is 39.3 Å². The standard InChI is InChI=1S/C22H24FN3O2/c1-3-4-7-14-26-21(27)19-9-6-5-8-18(19)20(24-26)22(28)25(2)15-16-10-12-17(23)13-11-16/h5-6,8-13H,3-4,7,14-15H2,1-2H3. The molecule has 2 aromatic carbocycles. The Kier molecular flexibility index (Phi) is 6.19. The predicted octanol–water partition coefficient (Wildman–Crippen LogP) is 4.00. The lowest BCUT2D eigenvalue weighted by Gasteiger charge is -2.18. The molecule has 0 radical (unpaired) electrons. The van der Waals surface area contributed by atoms with E-state index in [0.29, 0.717) is 23.9 Å². The normalized spacial score (nSPS) is 11.0. The van der Waals surface area contributed by atoms with Crippen molar-refractivity contribution in [3.8, 4) is 0 Å². The molecule has 28 heavy (non-hydrogen) atoms. The van der Waals surface area contributed by atoms with Gasteiger partial charge < -0.3 is 4.90 Å². The van der Waals surface area contributed by atoms with Gasteiger partial charge in [-0.3, -0.25) is 9.59 Å². The predicted molar refractivity (Wildman–Crippen MR) is 108 cm³/mol. The maximum Gasteiger partial charge on any atom is 0.274 e. The van der Waals surface area contributed by atoms with E-state index in [1.807, 2.05) is 0 Å². The molecule has 0 aliphatic heterocycles. The van der Waals surface area contributed by atoms with Crippen molar-refractivity contribution in [2.24, 2.45) is 0 Å². The molecular formula is C22H24FN3O2. The Morgan fingerprint density at radius 1 is 1.07 bits per heavy atom. The molecule has 1 heterocycles. The second-order valence-corrected chi connectivity index (χ2v) is 6.92. The molecule has 0 N–H and O–H groups in total. The van der Waals surface area contributed by atoms with Gasteiger partial charge in [-0.2, -0.15) is 5.10 Å². The van der Waals surface area contributed by atoms with E-state index in [4.69, 9.17) is 0 Å². The molecule has 0 saturated carbocycles. The van der Waals surface area contributed by atoms with E-state index in [1.54, 1.807) is 43.4 Å². The summed E-state index contributed by atoms with van der Waals surface area (Å²) in [7, 11) is 1.68. The number of hydrogen-bond donors (Lipinski definition) is 0. The summed E-state index contributed by atoms with van der Waals surface area (Å²) in [5, 5.41) is 5.45. The molecule has 0 fully saturated rings. The van der Waals surface area contributed by atoms with Gasteiger partial charge in [0.15, 0.2) is 5.69 Å². The van der Waals surface area contributed by atoms with Crippen molar-refractivity contribution < 1.29 is 9.18 Å². The van der Waals surface area contributed by atoms with Crippen LogP contribution in [0.2, 0.25) is 0 Å². The summed E-state index contributed by atoms with van der Waals surface area (Å²) < 4.78 is 14.5. The van der Waals surface area contributed by atoms with E-state index < -0.39 is 0 Å². The van der Waals surface area contributed by atoms with E-state index in [1.165, 1.54) is 21.7 Å². The van der Waals surface area contributed by atoms with Gasteiger partial charge >= 0.3 is 0 Å². The van der Waals surface area contributed by atoms with Crippen LogP contribution in [0.4, 0.5) is 4.39 Å². The fraction of sp³-hybridized carbons (Fsp3) is 0.318. The Hall–Kier alpha value is -3.02. The minimum Gasteiger partial charge on any atom is -0.336 e. The molecule has 0 aliphatic carbocycles. The average molecular weight is 381 g/mol. The zero-order chi connectivity index (χ0) is 20.1. The Morgan fingerprint density at radius 2 is 1.75 bits per heavy atom. The number of fused-ring (bicyclic) bond motifs is 1. The smallest absolute Gasteiger partial charge is 0.274 e. The van der Waals surface area contributed by atoms with E-state index in [9.17, 15) is 14.0 Å². The number of rotatable bonds is 7. The first-order valence-electron chi connectivity index (χ1n) is 9.51. The first kappa shape index (κ1) is 19.7. The van der Waals surface area contributed by atoms with Crippen LogP contribution in [0.5, 0.6) is 0 Å². The molecule has 0 spiro atoms. The van der Waals surface area contributed by atoms with Gasteiger partial charge in [-0.1, -0.05) is 50.1 Å². The van der Waals surface area contributed by atoms with Gasteiger partial charge in [-0.15, -0.1) is 0 Å². The highest BCUT2D eigenvalue weighted by molar-refractivity contribution is 6.04. The molecule has 1 aromatic heterocycles. The first-order valence-corrected chi connectivity index (χ1v) is 9.51. The van der Waals surface area contributed by atoms with Gasteiger partial charge in [0.25, 0.3) is 11.5 Å². The number of aromatic nitrogens is 2. The Morgan fingerprint density at radius 3 is 2.43 bits per heavy atom. The number of benzene rings is 2. The van der Waals surface area contributed by atoms with E-state index in [0.717, 1.165) is 24.8 Å². The maximum absolute atomic E-state index is 13.1. The number of amides is 1. The SMILES string of the molecule is CCCCCn1nc(C(=O)N(C)Cc2ccc(F)cc2)c2ccccc2c1=O. The van der Waals surface area contributed by atoms with Crippen LogP contribution < -0.4 is 5.56 Å². The number of carbonyl (C=O) groups excluding carboxylic acids is 1. The number of hydrogen-bond acceptors (Lipinski definition) is 3. The number of unbranched alkanes of at least 4 members (excludes halogenated alkanes) is 2. The molecule has 0 atom stereocenters. The van der Waals surface area contributed by atoms with E-state index >= 15 is 0 Å². The van der Waals surface area contributed by atoms with Crippen LogP contribution in [-0.2, 0) is 13.1 Å². The summed E-state index contributed by atoms with van der Waals surface area (Å²) >= 11 is 0. The summed E-state index contributed by atoms with van der Waals surface area (Å²) in [6.45, 7) is 2.90. The topological polar surface area (TPSA) is 55.2 Å². The third kappa shape index (κ3) is 4.27. The van der Waals surface area contributed by atoms with Crippen molar-refractivity contribution in [1.29, 1.82) is 0 Å². The van der Waals surface area contributed by atoms with Crippen LogP contribution in [0.1, 0.15) is 42.2 Å². The van der Waals surface area contributed by atoms with Crippen molar-refractivity contribution in [3.63, 3.8) is 0 Å². The van der Waals surface area contributed by atoms with Crippen LogP contribution in [0.3, 0.4) is 0 Å². The average Bonchev–Trinajstić information content (AvgIpc) is 2.71. The third-order valence-corrected chi connectivity index (χ3v) is 4.72. The largest absolute Gasteiger partial charge is 0.336 e. The van der Waals surface area contributed by atoms with Gasteiger partial charge in [-0.05, 0) is 30.2 Å². The molecular weight excluding hydrogens is 357 g/mol. The highest BCUT2D eigenvalue weighted by atomic mass is 19.1. The fourth-order valence-corrected chi connectivity index (χ4v) is 3.17. The molecule has 0 bridgehead atoms. The van der Waals surface area contributed by atoms with Crippen LogP contribution in [0.25, 0.3) is 10.8 Å². The van der Waals surface area contributed by atoms with Crippen molar-refractivity contribution in [1.82, 2.24) is 14.7 Å². The van der Waals surface area contributed by atoms with Crippen LogP contribution in [-0.4, -0.2) is 27.6 Å². The molecule has 0 aliphatic rings. The van der Waals surface area contributed by atoms with Crippen LogP contribution >= 0.6 is 0 Å². The minimum atomic E-state index is -0.315. The zero-order valence-corrected chi connectivity index (χ0v) is 16.2. The highest BCUT2D eigenvalue weighted by Gasteiger charge is 2.20. The maximum atomic E-state index is 13.1. The number of aryl methyl sites for hydroxylation is 1. The summed E-state index contributed by atoms with van der Waals surface area (Å²) in [6, 6.07) is 13.1. The van der Waals surface area contributed by atoms with Crippen molar-refractivity contribution in [2.75, 3.05) is 7.05 Å². The van der Waals surface area contributed by atoms with Crippen LogP contribution in [0.15, 0.2) is 53.3 Å². The lowest BCUT2D eigenvalue weighted by molar-refractivity contribution is 0.0778. The van der Waals surface area contributed by atoms with Gasteiger partial charge in [0, 0.05) is 25.5 Å². The molecule has 3 aromatic rings. The van der Waals surface area contributed by atoms with Crippen LogP contribution in [0, 0.1) is 5.82 Å². The van der Waals surface area contributed by atoms with Gasteiger partial charge in [-0.25, -0.2) is 9.07 Å². The molecule has 3 rings (SSSR count). The summed E-state index contributed by atoms with van der Waals surface area (Å²) in [6.07, 6.45) is 2.87. The summed E-state index contributed by atoms with van der Waals surface area (Å²) in [5.74, 6) is -0.589. The molecule has 0 unspecified atom stereocenters. The van der Waals surface area contributed by atoms with Gasteiger partial charge in [0.2, 0.25) is 0 Å². The molecule has 146 valence electrons. The minimum absolute atomic E-state index is 0.176. The quantitative estimate of drug-likeness (QED) is 0.581. The number of carbonyl (C=O) groups is 1. The summed E-state index contributed by atoms with van der Waals surface area (Å²) in [5.41, 5.74) is 0.901. The van der Waals surface area contributed by atoms with Gasteiger partial charge in [0.1, 0.15) is 5.82 Å². The van der Waals surface area contributed by atoms with Crippen molar-refractivity contribution >= 4 is 16.7 Å². The first-order chi connectivity index (χ1) is 13.5. The molecule has 6 heteroatoms. The Bertz CT molecular complexity index is 1030. The molecule has 0 saturated heterocycles. The van der Waals surface area contributed by atoms with Gasteiger partial charge in [0.05, 0.1) is 5.39 Å². The Balaban J connectivity index is 1.95. The third-order valence-electron chi connectivity index (χ3n) is 4.72. The highest BCUT2D eigenvalue weighted by Crippen LogP contribution is 2.16. The van der Waals surface area contributed by atoms with Crippen molar-refractivity contribution in [3.05, 3.63) is 76.0 Å². The fourth-order valence-electron chi connectivity index (χ4n) is 3.17. The molecule has 5 nitrogen and oxygen atoms in total. The second-order valence-electron chi connectivity index (χ2n) is 6.92. The number of nitrogens with zero attached hydrogens (tertiary/aromatic N) is 3. The zero-order valence-electron chi connectivity index (χ0n) is 16.2.